The summed E-state index contributed by atoms with van der Waals surface area (Å²) in [6.45, 7) is 5.89. The molecule has 0 bridgehead atoms. The zero-order valence-corrected chi connectivity index (χ0v) is 12.6. The number of amides is 1. The Morgan fingerprint density at radius 3 is 2.65 bits per heavy atom. The van der Waals surface area contributed by atoms with E-state index in [4.69, 9.17) is 5.11 Å². The molecule has 1 atom stereocenters. The first-order valence-electron chi connectivity index (χ1n) is 6.11. The molecule has 3 N–H and O–H groups in total. The van der Waals surface area contributed by atoms with Crippen molar-refractivity contribution in [3.63, 3.8) is 0 Å². The number of aromatic nitrogens is 1. The summed E-state index contributed by atoms with van der Waals surface area (Å²) in [4.78, 5) is 29.9. The molecule has 0 aliphatic carbocycles. The molecule has 0 radical (unpaired) electrons. The van der Waals surface area contributed by atoms with Gasteiger partial charge in [-0.3, -0.25) is 9.79 Å². The second kappa shape index (κ2) is 6.60. The Morgan fingerprint density at radius 1 is 1.50 bits per heavy atom. The van der Waals surface area contributed by atoms with Gasteiger partial charge >= 0.3 is 5.97 Å². The van der Waals surface area contributed by atoms with Crippen molar-refractivity contribution < 1.29 is 14.7 Å². The normalized spacial score (nSPS) is 13.4. The minimum Gasteiger partial charge on any atom is -0.480 e. The zero-order valence-electron chi connectivity index (χ0n) is 11.7. The molecule has 0 aliphatic heterocycles. The second-order valence-electron chi connectivity index (χ2n) is 5.30. The van der Waals surface area contributed by atoms with Crippen LogP contribution in [0.4, 0.5) is 0 Å². The van der Waals surface area contributed by atoms with Gasteiger partial charge in [-0.1, -0.05) is 0 Å². The minimum absolute atomic E-state index is 0.0279. The van der Waals surface area contributed by atoms with Gasteiger partial charge < -0.3 is 15.4 Å². The number of aliphatic imine (C=N–C) groups is 1. The first kappa shape index (κ1) is 16.3. The highest BCUT2D eigenvalue weighted by Gasteiger charge is 2.19. The van der Waals surface area contributed by atoms with Crippen LogP contribution in [0.2, 0.25) is 0 Å². The molecule has 1 unspecified atom stereocenters. The summed E-state index contributed by atoms with van der Waals surface area (Å²) in [6.07, 6.45) is 1.64. The molecule has 0 saturated carbocycles. The van der Waals surface area contributed by atoms with Crippen LogP contribution in [0.1, 0.15) is 37.0 Å². The van der Waals surface area contributed by atoms with Gasteiger partial charge in [-0.05, 0) is 32.9 Å². The molecule has 1 amide bonds. The zero-order chi connectivity index (χ0) is 15.3. The fraction of sp³-hybridized carbons (Fsp3) is 0.462. The van der Waals surface area contributed by atoms with E-state index in [1.807, 2.05) is 20.8 Å². The van der Waals surface area contributed by atoms with Crippen molar-refractivity contribution in [3.8, 4) is 0 Å². The van der Waals surface area contributed by atoms with Crippen LogP contribution in [0.3, 0.4) is 0 Å². The largest absolute Gasteiger partial charge is 0.480 e. The number of hydrogen-bond acceptors (Lipinski definition) is 4. The van der Waals surface area contributed by atoms with Crippen molar-refractivity contribution in [1.29, 1.82) is 0 Å². The van der Waals surface area contributed by atoms with Gasteiger partial charge in [0, 0.05) is 12.0 Å². The van der Waals surface area contributed by atoms with Gasteiger partial charge in [-0.25, -0.2) is 4.79 Å². The molecule has 0 aliphatic rings. The number of aromatic amines is 1. The van der Waals surface area contributed by atoms with Crippen LogP contribution in [-0.4, -0.2) is 45.5 Å². The van der Waals surface area contributed by atoms with Crippen molar-refractivity contribution in [1.82, 2.24) is 10.3 Å². The number of carbonyl (C=O) groups excluding carboxylic acids is 1. The first-order chi connectivity index (χ1) is 9.23. The van der Waals surface area contributed by atoms with E-state index in [9.17, 15) is 9.59 Å². The standard InChI is InChI=1S/C13H19N3O3S/c1-13(2,3)14-6-8-4-5-9(15-8)11(17)16-10(7-20)12(18)19/h4-6,10,15,20H,7H2,1-3H3,(H,16,17)(H,18,19)/b14-6-. The summed E-state index contributed by atoms with van der Waals surface area (Å²) >= 11 is 3.89. The van der Waals surface area contributed by atoms with Gasteiger partial charge in [0.05, 0.1) is 11.2 Å². The molecule has 0 saturated heterocycles. The van der Waals surface area contributed by atoms with Gasteiger partial charge in [0.2, 0.25) is 0 Å². The SMILES string of the molecule is CC(C)(C)/N=C\c1ccc(C(=O)NC(CS)C(=O)O)[nH]1. The smallest absolute Gasteiger partial charge is 0.327 e. The van der Waals surface area contributed by atoms with Crippen molar-refractivity contribution in [3.05, 3.63) is 23.5 Å². The fourth-order valence-electron chi connectivity index (χ4n) is 1.30. The number of hydrogen-bond donors (Lipinski definition) is 4. The van der Waals surface area contributed by atoms with Gasteiger partial charge in [0.15, 0.2) is 0 Å². The van der Waals surface area contributed by atoms with Crippen LogP contribution in [0.15, 0.2) is 17.1 Å². The van der Waals surface area contributed by atoms with E-state index in [2.05, 4.69) is 27.9 Å². The summed E-state index contributed by atoms with van der Waals surface area (Å²) in [7, 11) is 0. The highest BCUT2D eigenvalue weighted by Crippen LogP contribution is 2.07. The van der Waals surface area contributed by atoms with E-state index in [1.54, 1.807) is 18.3 Å². The van der Waals surface area contributed by atoms with Gasteiger partial charge in [0.1, 0.15) is 11.7 Å². The summed E-state index contributed by atoms with van der Waals surface area (Å²) in [5.74, 6) is -1.57. The van der Waals surface area contributed by atoms with Crippen molar-refractivity contribution in [2.75, 3.05) is 5.75 Å². The molecule has 0 spiro atoms. The average Bonchev–Trinajstić information content (AvgIpc) is 2.80. The molecule has 20 heavy (non-hydrogen) atoms. The average molecular weight is 297 g/mol. The number of nitrogens with zero attached hydrogens (tertiary/aromatic N) is 1. The Labute approximate surface area is 123 Å². The maximum atomic E-state index is 11.8. The number of rotatable bonds is 5. The molecule has 0 aromatic carbocycles. The predicted octanol–water partition coefficient (Wildman–Crippen LogP) is 1.34. The fourth-order valence-corrected chi connectivity index (χ4v) is 1.55. The summed E-state index contributed by atoms with van der Waals surface area (Å²) in [5, 5.41) is 11.2. The highest BCUT2D eigenvalue weighted by atomic mass is 32.1. The van der Waals surface area contributed by atoms with Crippen LogP contribution in [-0.2, 0) is 4.79 Å². The maximum absolute atomic E-state index is 11.8. The minimum atomic E-state index is -1.12. The molecule has 1 rings (SSSR count). The van der Waals surface area contributed by atoms with E-state index in [-0.39, 0.29) is 17.0 Å². The lowest BCUT2D eigenvalue weighted by molar-refractivity contribution is -0.138. The lowest BCUT2D eigenvalue weighted by atomic mass is 10.1. The Bertz CT molecular complexity index is 517. The Kier molecular flexibility index (Phi) is 5.38. The number of H-pyrrole nitrogens is 1. The Hall–Kier alpha value is -1.76. The maximum Gasteiger partial charge on any atom is 0.327 e. The molecular formula is C13H19N3O3S. The van der Waals surface area contributed by atoms with Crippen LogP contribution >= 0.6 is 12.6 Å². The van der Waals surface area contributed by atoms with Crippen LogP contribution in [0.5, 0.6) is 0 Å². The molecule has 1 aromatic heterocycles. The summed E-state index contributed by atoms with van der Waals surface area (Å²) < 4.78 is 0. The van der Waals surface area contributed by atoms with E-state index in [0.29, 0.717) is 5.69 Å². The number of aliphatic carboxylic acids is 1. The van der Waals surface area contributed by atoms with Gasteiger partial charge in [-0.2, -0.15) is 12.6 Å². The third-order valence-electron chi connectivity index (χ3n) is 2.33. The highest BCUT2D eigenvalue weighted by molar-refractivity contribution is 7.80. The first-order valence-corrected chi connectivity index (χ1v) is 6.75. The topological polar surface area (TPSA) is 94.6 Å². The van der Waals surface area contributed by atoms with Crippen molar-refractivity contribution in [2.45, 2.75) is 32.4 Å². The molecular weight excluding hydrogens is 278 g/mol. The molecule has 1 heterocycles. The number of nitrogens with one attached hydrogen (secondary N) is 2. The Balaban J connectivity index is 2.74. The van der Waals surface area contributed by atoms with E-state index in [0.717, 1.165) is 0 Å². The van der Waals surface area contributed by atoms with Gasteiger partial charge in [0.25, 0.3) is 5.91 Å². The van der Waals surface area contributed by atoms with E-state index < -0.39 is 17.9 Å². The second-order valence-corrected chi connectivity index (χ2v) is 5.67. The third-order valence-corrected chi connectivity index (χ3v) is 2.70. The molecule has 6 nitrogen and oxygen atoms in total. The summed E-state index contributed by atoms with van der Waals surface area (Å²) in [5.41, 5.74) is 0.768. The molecule has 7 heteroatoms. The number of carboxylic acids is 1. The third kappa shape index (κ3) is 5.08. The van der Waals surface area contributed by atoms with E-state index in [1.165, 1.54) is 0 Å². The predicted molar refractivity (Wildman–Crippen MR) is 80.9 cm³/mol. The summed E-state index contributed by atoms with van der Waals surface area (Å²) in [6, 6.07) is 2.28. The monoisotopic (exact) mass is 297 g/mol. The molecule has 1 aromatic rings. The molecule has 0 fully saturated rings. The number of carboxylic acid groups (broad SMARTS) is 1. The quantitative estimate of drug-likeness (QED) is 0.488. The number of carbonyl (C=O) groups is 2. The van der Waals surface area contributed by atoms with E-state index >= 15 is 0 Å². The van der Waals surface area contributed by atoms with Crippen molar-refractivity contribution >= 4 is 30.7 Å². The molecule has 110 valence electrons. The van der Waals surface area contributed by atoms with Crippen LogP contribution < -0.4 is 5.32 Å². The van der Waals surface area contributed by atoms with Crippen LogP contribution in [0, 0.1) is 0 Å². The Morgan fingerprint density at radius 2 is 2.15 bits per heavy atom. The van der Waals surface area contributed by atoms with Crippen LogP contribution in [0.25, 0.3) is 0 Å². The van der Waals surface area contributed by atoms with Crippen molar-refractivity contribution in [2.24, 2.45) is 4.99 Å². The lowest BCUT2D eigenvalue weighted by Gasteiger charge is -2.11. The number of thiol groups is 1. The van der Waals surface area contributed by atoms with Gasteiger partial charge in [-0.15, -0.1) is 0 Å². The lowest BCUT2D eigenvalue weighted by Crippen LogP contribution is -2.42.